The first-order chi connectivity index (χ1) is 10.5. The quantitative estimate of drug-likeness (QED) is 0.461. The number of hydrogen-bond donors (Lipinski definition) is 0. The van der Waals surface area contributed by atoms with Gasteiger partial charge in [-0.25, -0.2) is 0 Å². The average Bonchev–Trinajstić information content (AvgIpc) is 2.49. The van der Waals surface area contributed by atoms with Crippen LogP contribution < -0.4 is 0 Å². The molecule has 0 aliphatic heterocycles. The van der Waals surface area contributed by atoms with Gasteiger partial charge in [0, 0.05) is 23.8 Å². The molecular weight excluding hydrogens is 284 g/mol. The van der Waals surface area contributed by atoms with E-state index in [9.17, 15) is 20.2 Å². The second-order valence-corrected chi connectivity index (χ2v) is 4.81. The molecule has 0 N–H and O–H groups in total. The summed E-state index contributed by atoms with van der Waals surface area (Å²) in [7, 11) is 0. The van der Waals surface area contributed by atoms with Crippen molar-refractivity contribution in [2.45, 2.75) is 12.8 Å². The number of allylic oxidation sites excluding steroid dienone is 1. The van der Waals surface area contributed by atoms with E-state index < -0.39 is 9.85 Å². The standard InChI is InChI=1S/C16H14N2O4/c1-2-3-14-7-4-13(11-16(14)18(21)22)10-12-5-8-15(9-6-12)17(19)20/h2,4-9,11H,1,3,10H2. The highest BCUT2D eigenvalue weighted by Gasteiger charge is 2.14. The first-order valence-corrected chi connectivity index (χ1v) is 6.61. The number of nitrogens with zero attached hydrogens (tertiary/aromatic N) is 2. The highest BCUT2D eigenvalue weighted by molar-refractivity contribution is 5.46. The molecule has 2 rings (SSSR count). The van der Waals surface area contributed by atoms with Crippen molar-refractivity contribution in [1.82, 2.24) is 0 Å². The van der Waals surface area contributed by atoms with Gasteiger partial charge >= 0.3 is 0 Å². The Balaban J connectivity index is 2.25. The number of nitro benzene ring substituents is 2. The molecule has 6 nitrogen and oxygen atoms in total. The van der Waals surface area contributed by atoms with Crippen LogP contribution in [0, 0.1) is 20.2 Å². The zero-order chi connectivity index (χ0) is 16.1. The fourth-order valence-electron chi connectivity index (χ4n) is 2.19. The molecule has 0 radical (unpaired) electrons. The van der Waals surface area contributed by atoms with E-state index in [-0.39, 0.29) is 11.4 Å². The fourth-order valence-corrected chi connectivity index (χ4v) is 2.19. The Morgan fingerprint density at radius 3 is 2.14 bits per heavy atom. The third-order valence-electron chi connectivity index (χ3n) is 3.27. The van der Waals surface area contributed by atoms with Crippen LogP contribution in [0.3, 0.4) is 0 Å². The van der Waals surface area contributed by atoms with Crippen molar-refractivity contribution in [2.75, 3.05) is 0 Å². The van der Waals surface area contributed by atoms with Crippen molar-refractivity contribution in [2.24, 2.45) is 0 Å². The summed E-state index contributed by atoms with van der Waals surface area (Å²) >= 11 is 0. The average molecular weight is 298 g/mol. The zero-order valence-corrected chi connectivity index (χ0v) is 11.8. The summed E-state index contributed by atoms with van der Waals surface area (Å²) < 4.78 is 0. The molecule has 6 heteroatoms. The third kappa shape index (κ3) is 3.54. The summed E-state index contributed by atoms with van der Waals surface area (Å²) in [5, 5.41) is 21.7. The van der Waals surface area contributed by atoms with Gasteiger partial charge in [-0.1, -0.05) is 30.3 Å². The van der Waals surface area contributed by atoms with Crippen molar-refractivity contribution in [3.8, 4) is 0 Å². The van der Waals surface area contributed by atoms with E-state index in [1.165, 1.54) is 12.1 Å². The molecule has 0 atom stereocenters. The van der Waals surface area contributed by atoms with E-state index in [0.29, 0.717) is 18.4 Å². The monoisotopic (exact) mass is 298 g/mol. The highest BCUT2D eigenvalue weighted by Crippen LogP contribution is 2.23. The second-order valence-electron chi connectivity index (χ2n) is 4.81. The lowest BCUT2D eigenvalue weighted by atomic mass is 10.0. The van der Waals surface area contributed by atoms with Crippen LogP contribution in [0.4, 0.5) is 11.4 Å². The van der Waals surface area contributed by atoms with Gasteiger partial charge in [-0.15, -0.1) is 6.58 Å². The minimum atomic E-state index is -0.460. The van der Waals surface area contributed by atoms with Gasteiger partial charge in [-0.05, 0) is 24.0 Å². The maximum atomic E-state index is 11.1. The van der Waals surface area contributed by atoms with E-state index in [4.69, 9.17) is 0 Å². The Morgan fingerprint density at radius 2 is 1.59 bits per heavy atom. The molecule has 0 spiro atoms. The van der Waals surface area contributed by atoms with E-state index in [1.54, 1.807) is 30.3 Å². The first kappa shape index (κ1) is 15.4. The molecule has 0 bridgehead atoms. The highest BCUT2D eigenvalue weighted by atomic mass is 16.6. The predicted octanol–water partition coefficient (Wildman–Crippen LogP) is 3.82. The SMILES string of the molecule is C=CCc1ccc(Cc2ccc([N+](=O)[O-])cc2)cc1[N+](=O)[O-]. The molecule has 22 heavy (non-hydrogen) atoms. The summed E-state index contributed by atoms with van der Waals surface area (Å²) in [6, 6.07) is 11.3. The van der Waals surface area contributed by atoms with Crippen molar-refractivity contribution >= 4 is 11.4 Å². The molecule has 0 aromatic heterocycles. The number of benzene rings is 2. The molecule has 2 aromatic rings. The smallest absolute Gasteiger partial charge is 0.258 e. The van der Waals surface area contributed by atoms with Crippen LogP contribution in [-0.2, 0) is 12.8 Å². The lowest BCUT2D eigenvalue weighted by Crippen LogP contribution is -1.97. The van der Waals surface area contributed by atoms with Crippen LogP contribution >= 0.6 is 0 Å². The number of rotatable bonds is 6. The van der Waals surface area contributed by atoms with Crippen molar-refractivity contribution in [1.29, 1.82) is 0 Å². The molecule has 0 fully saturated rings. The van der Waals surface area contributed by atoms with Crippen molar-refractivity contribution < 1.29 is 9.85 Å². The van der Waals surface area contributed by atoms with E-state index in [2.05, 4.69) is 6.58 Å². The molecule has 0 aliphatic carbocycles. The Bertz CT molecular complexity index is 723. The van der Waals surface area contributed by atoms with Crippen molar-refractivity contribution in [3.05, 3.63) is 92.0 Å². The number of nitro groups is 2. The van der Waals surface area contributed by atoms with Gasteiger partial charge < -0.3 is 0 Å². The molecule has 0 aliphatic rings. The van der Waals surface area contributed by atoms with Gasteiger partial charge in [-0.3, -0.25) is 20.2 Å². The summed E-state index contributed by atoms with van der Waals surface area (Å²) in [5.41, 5.74) is 2.35. The van der Waals surface area contributed by atoms with Gasteiger partial charge in [0.05, 0.1) is 9.85 Å². The van der Waals surface area contributed by atoms with Crippen LogP contribution in [0.2, 0.25) is 0 Å². The maximum absolute atomic E-state index is 11.1. The van der Waals surface area contributed by atoms with Crippen LogP contribution in [-0.4, -0.2) is 9.85 Å². The molecular formula is C16H14N2O4. The lowest BCUT2D eigenvalue weighted by Gasteiger charge is -2.05. The fraction of sp³-hybridized carbons (Fsp3) is 0.125. The number of hydrogen-bond acceptors (Lipinski definition) is 4. The Kier molecular flexibility index (Phi) is 4.63. The number of non-ortho nitro benzene ring substituents is 1. The lowest BCUT2D eigenvalue weighted by molar-refractivity contribution is -0.385. The minimum absolute atomic E-state index is 0.0241. The topological polar surface area (TPSA) is 86.3 Å². The van der Waals surface area contributed by atoms with E-state index in [0.717, 1.165) is 11.1 Å². The Morgan fingerprint density at radius 1 is 0.955 bits per heavy atom. The summed E-state index contributed by atoms with van der Waals surface area (Å²) in [6.07, 6.45) is 2.54. The van der Waals surface area contributed by atoms with Gasteiger partial charge in [-0.2, -0.15) is 0 Å². The second kappa shape index (κ2) is 6.62. The summed E-state index contributed by atoms with van der Waals surface area (Å²) in [4.78, 5) is 20.9. The molecule has 112 valence electrons. The normalized spacial score (nSPS) is 10.2. The first-order valence-electron chi connectivity index (χ1n) is 6.61. The largest absolute Gasteiger partial charge is 0.273 e. The van der Waals surface area contributed by atoms with Crippen LogP contribution in [0.15, 0.2) is 55.1 Å². The van der Waals surface area contributed by atoms with E-state index >= 15 is 0 Å². The zero-order valence-electron chi connectivity index (χ0n) is 11.8. The van der Waals surface area contributed by atoms with Gasteiger partial charge in [0.2, 0.25) is 0 Å². The third-order valence-corrected chi connectivity index (χ3v) is 3.27. The van der Waals surface area contributed by atoms with Gasteiger partial charge in [0.15, 0.2) is 0 Å². The Hall–Kier alpha value is -3.02. The predicted molar refractivity (Wildman–Crippen MR) is 82.9 cm³/mol. The van der Waals surface area contributed by atoms with Crippen LogP contribution in [0.25, 0.3) is 0 Å². The minimum Gasteiger partial charge on any atom is -0.258 e. The maximum Gasteiger partial charge on any atom is 0.273 e. The molecule has 0 saturated heterocycles. The van der Waals surface area contributed by atoms with E-state index in [1.807, 2.05) is 6.07 Å². The van der Waals surface area contributed by atoms with Crippen molar-refractivity contribution in [3.63, 3.8) is 0 Å². The van der Waals surface area contributed by atoms with Gasteiger partial charge in [0.25, 0.3) is 11.4 Å². The molecule has 2 aromatic carbocycles. The molecule has 0 heterocycles. The molecule has 0 amide bonds. The summed E-state index contributed by atoms with van der Waals surface area (Å²) in [6.45, 7) is 3.59. The summed E-state index contributed by atoms with van der Waals surface area (Å²) in [5.74, 6) is 0. The molecule has 0 saturated carbocycles. The molecule has 0 unspecified atom stereocenters. The van der Waals surface area contributed by atoms with Crippen LogP contribution in [0.1, 0.15) is 16.7 Å². The van der Waals surface area contributed by atoms with Crippen LogP contribution in [0.5, 0.6) is 0 Å². The Labute approximate surface area is 127 Å². The van der Waals surface area contributed by atoms with Gasteiger partial charge in [0.1, 0.15) is 0 Å².